The SMILES string of the molecule is Brc1cc(C#Cc2ccccn2)c(Br)cc1C#Cc1ccccn1. The van der Waals surface area contributed by atoms with Gasteiger partial charge >= 0.3 is 0 Å². The highest BCUT2D eigenvalue weighted by atomic mass is 79.9. The van der Waals surface area contributed by atoms with E-state index in [1.54, 1.807) is 12.4 Å². The largest absolute Gasteiger partial charge is 0.248 e. The van der Waals surface area contributed by atoms with Gasteiger partial charge in [0.2, 0.25) is 0 Å². The van der Waals surface area contributed by atoms with Gasteiger partial charge in [-0.05, 0) is 80.1 Å². The Hall–Kier alpha value is -2.40. The maximum atomic E-state index is 4.20. The zero-order chi connectivity index (χ0) is 16.8. The average Bonchev–Trinajstić information content (AvgIpc) is 2.62. The fourth-order valence-corrected chi connectivity index (χ4v) is 2.76. The van der Waals surface area contributed by atoms with Crippen molar-refractivity contribution < 1.29 is 0 Å². The van der Waals surface area contributed by atoms with Crippen molar-refractivity contribution in [1.29, 1.82) is 0 Å². The third-order valence-corrected chi connectivity index (χ3v) is 4.35. The summed E-state index contributed by atoms with van der Waals surface area (Å²) in [6, 6.07) is 15.2. The molecule has 0 amide bonds. The minimum atomic E-state index is 0.736. The van der Waals surface area contributed by atoms with Crippen LogP contribution in [0.3, 0.4) is 0 Å². The highest BCUT2D eigenvalue weighted by Gasteiger charge is 2.03. The lowest BCUT2D eigenvalue weighted by Crippen LogP contribution is -1.86. The van der Waals surface area contributed by atoms with Gasteiger partial charge in [0.25, 0.3) is 0 Å². The first kappa shape index (κ1) is 16.5. The van der Waals surface area contributed by atoms with Crippen molar-refractivity contribution in [3.63, 3.8) is 0 Å². The number of aromatic nitrogens is 2. The standard InChI is InChI=1S/C20H10Br2N2/c21-19-14-16(8-10-18-6-2-4-12-24-18)20(22)13-15(19)7-9-17-5-1-3-11-23-17/h1-6,11-14H. The molecular weight excluding hydrogens is 428 g/mol. The van der Waals surface area contributed by atoms with Crippen molar-refractivity contribution >= 4 is 31.9 Å². The summed E-state index contributed by atoms with van der Waals surface area (Å²) in [5, 5.41) is 0. The van der Waals surface area contributed by atoms with Crippen molar-refractivity contribution in [2.45, 2.75) is 0 Å². The normalized spacial score (nSPS) is 9.42. The van der Waals surface area contributed by atoms with Gasteiger partial charge in [-0.2, -0.15) is 0 Å². The van der Waals surface area contributed by atoms with Gasteiger partial charge in [-0.15, -0.1) is 0 Å². The Labute approximate surface area is 157 Å². The highest BCUT2D eigenvalue weighted by Crippen LogP contribution is 2.25. The molecule has 0 aliphatic rings. The molecule has 24 heavy (non-hydrogen) atoms. The third-order valence-electron chi connectivity index (χ3n) is 3.04. The number of rotatable bonds is 0. The van der Waals surface area contributed by atoms with E-state index in [1.807, 2.05) is 48.5 Å². The summed E-state index contributed by atoms with van der Waals surface area (Å²) in [5.74, 6) is 12.3. The molecule has 114 valence electrons. The van der Waals surface area contributed by atoms with Gasteiger partial charge in [0, 0.05) is 32.5 Å². The molecule has 0 saturated heterocycles. The first-order valence-corrected chi connectivity index (χ1v) is 8.66. The number of benzene rings is 1. The molecule has 0 unspecified atom stereocenters. The summed E-state index contributed by atoms with van der Waals surface area (Å²) < 4.78 is 1.78. The van der Waals surface area contributed by atoms with E-state index in [2.05, 4.69) is 65.5 Å². The molecule has 2 nitrogen and oxygen atoms in total. The van der Waals surface area contributed by atoms with Gasteiger partial charge in [-0.3, -0.25) is 0 Å². The van der Waals surface area contributed by atoms with Gasteiger partial charge in [0.15, 0.2) is 0 Å². The summed E-state index contributed by atoms with van der Waals surface area (Å²) in [6.07, 6.45) is 3.45. The number of hydrogen-bond donors (Lipinski definition) is 0. The number of pyridine rings is 2. The van der Waals surface area contributed by atoms with Crippen molar-refractivity contribution in [3.8, 4) is 23.7 Å². The fourth-order valence-electron chi connectivity index (χ4n) is 1.87. The lowest BCUT2D eigenvalue weighted by atomic mass is 10.1. The van der Waals surface area contributed by atoms with Gasteiger partial charge in [0.1, 0.15) is 11.4 Å². The molecule has 0 saturated carbocycles. The van der Waals surface area contributed by atoms with Gasteiger partial charge in [-0.25, -0.2) is 9.97 Å². The Bertz CT molecular complexity index is 893. The Morgan fingerprint density at radius 3 is 1.46 bits per heavy atom. The van der Waals surface area contributed by atoms with Crippen LogP contribution in [0.15, 0.2) is 69.9 Å². The molecule has 3 aromatic rings. The van der Waals surface area contributed by atoms with Crippen LogP contribution in [-0.2, 0) is 0 Å². The number of hydrogen-bond acceptors (Lipinski definition) is 2. The van der Waals surface area contributed by atoms with Crippen molar-refractivity contribution in [2.24, 2.45) is 0 Å². The van der Waals surface area contributed by atoms with Gasteiger partial charge < -0.3 is 0 Å². The first-order valence-electron chi connectivity index (χ1n) is 7.07. The predicted octanol–water partition coefficient (Wildman–Crippen LogP) is 4.80. The van der Waals surface area contributed by atoms with E-state index >= 15 is 0 Å². The lowest BCUT2D eigenvalue weighted by Gasteiger charge is -2.01. The highest BCUT2D eigenvalue weighted by molar-refractivity contribution is 9.11. The van der Waals surface area contributed by atoms with Gasteiger partial charge in [0.05, 0.1) is 0 Å². The van der Waals surface area contributed by atoms with Crippen molar-refractivity contribution in [2.75, 3.05) is 0 Å². The predicted molar refractivity (Wildman–Crippen MR) is 102 cm³/mol. The number of nitrogens with zero attached hydrogens (tertiary/aromatic N) is 2. The molecule has 2 aromatic heterocycles. The smallest absolute Gasteiger partial charge is 0.113 e. The van der Waals surface area contributed by atoms with Crippen LogP contribution in [-0.4, -0.2) is 9.97 Å². The second-order valence-electron chi connectivity index (χ2n) is 4.74. The molecule has 1 aromatic carbocycles. The minimum Gasteiger partial charge on any atom is -0.248 e. The van der Waals surface area contributed by atoms with Crippen LogP contribution < -0.4 is 0 Å². The topological polar surface area (TPSA) is 25.8 Å². The van der Waals surface area contributed by atoms with E-state index in [4.69, 9.17) is 0 Å². The molecular formula is C20H10Br2N2. The lowest BCUT2D eigenvalue weighted by molar-refractivity contribution is 1.29. The van der Waals surface area contributed by atoms with Crippen LogP contribution in [0, 0.1) is 23.7 Å². The molecule has 0 aliphatic carbocycles. The zero-order valence-corrected chi connectivity index (χ0v) is 15.6. The van der Waals surface area contributed by atoms with E-state index in [-0.39, 0.29) is 0 Å². The second-order valence-corrected chi connectivity index (χ2v) is 6.45. The maximum Gasteiger partial charge on any atom is 0.113 e. The molecule has 3 rings (SSSR count). The molecule has 0 aliphatic heterocycles. The molecule has 0 radical (unpaired) electrons. The van der Waals surface area contributed by atoms with E-state index in [0.29, 0.717) is 0 Å². The molecule has 2 heterocycles. The molecule has 0 spiro atoms. The quantitative estimate of drug-likeness (QED) is 0.472. The van der Waals surface area contributed by atoms with E-state index in [0.717, 1.165) is 31.5 Å². The molecule has 0 fully saturated rings. The Morgan fingerprint density at radius 1 is 0.625 bits per heavy atom. The summed E-state index contributed by atoms with van der Waals surface area (Å²) in [6.45, 7) is 0. The van der Waals surface area contributed by atoms with E-state index < -0.39 is 0 Å². The fraction of sp³-hybridized carbons (Fsp3) is 0. The summed E-state index contributed by atoms with van der Waals surface area (Å²) in [4.78, 5) is 8.39. The van der Waals surface area contributed by atoms with Crippen LogP contribution in [0.25, 0.3) is 0 Å². The van der Waals surface area contributed by atoms with Crippen LogP contribution in [0.1, 0.15) is 22.5 Å². The third kappa shape index (κ3) is 4.32. The van der Waals surface area contributed by atoms with E-state index in [1.165, 1.54) is 0 Å². The molecule has 4 heteroatoms. The zero-order valence-electron chi connectivity index (χ0n) is 12.4. The monoisotopic (exact) mass is 436 g/mol. The van der Waals surface area contributed by atoms with Crippen LogP contribution in [0.2, 0.25) is 0 Å². The van der Waals surface area contributed by atoms with Crippen LogP contribution in [0.5, 0.6) is 0 Å². The summed E-state index contributed by atoms with van der Waals surface area (Å²) in [7, 11) is 0. The van der Waals surface area contributed by atoms with Gasteiger partial charge in [-0.1, -0.05) is 24.0 Å². The Morgan fingerprint density at radius 2 is 1.08 bits per heavy atom. The Kier molecular flexibility index (Phi) is 5.43. The summed E-state index contributed by atoms with van der Waals surface area (Å²) >= 11 is 7.11. The molecule has 0 atom stereocenters. The average molecular weight is 438 g/mol. The number of halogens is 2. The maximum absolute atomic E-state index is 4.20. The van der Waals surface area contributed by atoms with Crippen molar-refractivity contribution in [3.05, 3.63) is 92.4 Å². The Balaban J connectivity index is 1.90. The van der Waals surface area contributed by atoms with E-state index in [9.17, 15) is 0 Å². The second kappa shape index (κ2) is 7.93. The summed E-state index contributed by atoms with van der Waals surface area (Å²) in [5.41, 5.74) is 3.21. The molecule has 0 bridgehead atoms. The van der Waals surface area contributed by atoms with Crippen molar-refractivity contribution in [1.82, 2.24) is 9.97 Å². The molecule has 0 N–H and O–H groups in total. The van der Waals surface area contributed by atoms with Crippen LogP contribution >= 0.6 is 31.9 Å². The first-order chi connectivity index (χ1) is 11.7. The minimum absolute atomic E-state index is 0.736. The van der Waals surface area contributed by atoms with Crippen LogP contribution in [0.4, 0.5) is 0 Å².